The monoisotopic (exact) mass is 357 g/mol. The highest BCUT2D eigenvalue weighted by Gasteiger charge is 2.18. The van der Waals surface area contributed by atoms with E-state index in [9.17, 15) is 4.79 Å². The van der Waals surface area contributed by atoms with Gasteiger partial charge in [-0.1, -0.05) is 30.1 Å². The minimum Gasteiger partial charge on any atom is -0.324 e. The van der Waals surface area contributed by atoms with Crippen LogP contribution in [0.3, 0.4) is 0 Å². The quantitative estimate of drug-likeness (QED) is 0.782. The van der Waals surface area contributed by atoms with E-state index in [4.69, 9.17) is 23.2 Å². The van der Waals surface area contributed by atoms with E-state index in [1.54, 1.807) is 18.2 Å². The molecular weight excluding hydrogens is 333 g/mol. The Morgan fingerprint density at radius 2 is 2.26 bits per heavy atom. The summed E-state index contributed by atoms with van der Waals surface area (Å²) in [6.07, 6.45) is 3.49. The van der Waals surface area contributed by atoms with Crippen molar-refractivity contribution in [2.24, 2.45) is 5.92 Å². The second kappa shape index (κ2) is 9.48. The largest absolute Gasteiger partial charge is 0.324 e. The standard InChI is InChI=1S/C17H25Cl2N3O/c1-2-8-22(11-13-4-3-7-20-10-13)12-17(23)21-16-6-5-14(18)9-15(16)19/h5-6,9,13,20H,2-4,7-8,10-12H2,1H3,(H,21,23). The molecule has 0 spiro atoms. The molecule has 1 heterocycles. The Kier molecular flexibility index (Phi) is 7.63. The van der Waals surface area contributed by atoms with Crippen LogP contribution in [0.4, 0.5) is 5.69 Å². The third-order valence-electron chi connectivity index (χ3n) is 4.03. The van der Waals surface area contributed by atoms with Gasteiger partial charge in [0.05, 0.1) is 17.3 Å². The lowest BCUT2D eigenvalue weighted by Crippen LogP contribution is -2.41. The van der Waals surface area contributed by atoms with Crippen LogP contribution in [0.1, 0.15) is 26.2 Å². The number of carbonyl (C=O) groups is 1. The molecule has 1 unspecified atom stereocenters. The predicted molar refractivity (Wildman–Crippen MR) is 97.4 cm³/mol. The second-order valence-corrected chi connectivity index (χ2v) is 6.96. The average molecular weight is 358 g/mol. The van der Waals surface area contributed by atoms with E-state index in [0.29, 0.717) is 28.2 Å². The van der Waals surface area contributed by atoms with Gasteiger partial charge >= 0.3 is 0 Å². The van der Waals surface area contributed by atoms with Crippen LogP contribution in [0.5, 0.6) is 0 Å². The fourth-order valence-electron chi connectivity index (χ4n) is 2.98. The van der Waals surface area contributed by atoms with Gasteiger partial charge in [-0.25, -0.2) is 0 Å². The molecule has 1 atom stereocenters. The SMILES string of the molecule is CCCN(CC(=O)Nc1ccc(Cl)cc1Cl)CC1CCCNC1. The maximum absolute atomic E-state index is 12.3. The molecule has 23 heavy (non-hydrogen) atoms. The highest BCUT2D eigenvalue weighted by Crippen LogP contribution is 2.25. The number of hydrogen-bond donors (Lipinski definition) is 2. The van der Waals surface area contributed by atoms with E-state index in [1.807, 2.05) is 0 Å². The summed E-state index contributed by atoms with van der Waals surface area (Å²) in [5.41, 5.74) is 0.608. The Morgan fingerprint density at radius 3 is 2.91 bits per heavy atom. The van der Waals surface area contributed by atoms with Crippen molar-refractivity contribution in [3.05, 3.63) is 28.2 Å². The van der Waals surface area contributed by atoms with Crippen molar-refractivity contribution >= 4 is 34.8 Å². The molecule has 1 fully saturated rings. The minimum absolute atomic E-state index is 0.0357. The first-order valence-electron chi connectivity index (χ1n) is 8.26. The van der Waals surface area contributed by atoms with Crippen LogP contribution in [0, 0.1) is 5.92 Å². The molecule has 0 saturated carbocycles. The summed E-state index contributed by atoms with van der Waals surface area (Å²) in [6.45, 7) is 6.58. The van der Waals surface area contributed by atoms with Crippen LogP contribution in [0.2, 0.25) is 10.0 Å². The van der Waals surface area contributed by atoms with Crippen LogP contribution in [-0.4, -0.2) is 43.5 Å². The van der Waals surface area contributed by atoms with Gasteiger partial charge in [0.2, 0.25) is 5.91 Å². The lowest BCUT2D eigenvalue weighted by atomic mass is 9.99. The third-order valence-corrected chi connectivity index (χ3v) is 4.58. The second-order valence-electron chi connectivity index (χ2n) is 6.12. The number of carbonyl (C=O) groups excluding carboxylic acids is 1. The Bertz CT molecular complexity index is 519. The molecule has 1 aromatic rings. The number of halogens is 2. The van der Waals surface area contributed by atoms with Crippen LogP contribution in [0.15, 0.2) is 18.2 Å². The topological polar surface area (TPSA) is 44.4 Å². The summed E-state index contributed by atoms with van der Waals surface area (Å²) < 4.78 is 0. The normalized spacial score (nSPS) is 18.2. The molecule has 1 amide bonds. The highest BCUT2D eigenvalue weighted by atomic mass is 35.5. The van der Waals surface area contributed by atoms with E-state index < -0.39 is 0 Å². The van der Waals surface area contributed by atoms with E-state index in [-0.39, 0.29) is 5.91 Å². The number of anilines is 1. The molecular formula is C17H25Cl2N3O. The van der Waals surface area contributed by atoms with Gasteiger partial charge in [0.25, 0.3) is 0 Å². The van der Waals surface area contributed by atoms with Crippen molar-refractivity contribution in [1.82, 2.24) is 10.2 Å². The predicted octanol–water partition coefficient (Wildman–Crippen LogP) is 3.64. The zero-order valence-electron chi connectivity index (χ0n) is 13.6. The summed E-state index contributed by atoms with van der Waals surface area (Å²) in [5.74, 6) is 0.591. The van der Waals surface area contributed by atoms with Crippen LogP contribution >= 0.6 is 23.2 Å². The Morgan fingerprint density at radius 1 is 1.43 bits per heavy atom. The van der Waals surface area contributed by atoms with Crippen molar-refractivity contribution in [3.8, 4) is 0 Å². The molecule has 1 aromatic carbocycles. The maximum atomic E-state index is 12.3. The zero-order valence-corrected chi connectivity index (χ0v) is 15.1. The summed E-state index contributed by atoms with van der Waals surface area (Å²) in [6, 6.07) is 5.09. The van der Waals surface area contributed by atoms with Gasteiger partial charge in [-0.2, -0.15) is 0 Å². The molecule has 0 radical (unpaired) electrons. The number of hydrogen-bond acceptors (Lipinski definition) is 3. The average Bonchev–Trinajstić information content (AvgIpc) is 2.51. The number of rotatable bonds is 7. The molecule has 0 aliphatic carbocycles. The van der Waals surface area contributed by atoms with Crippen LogP contribution < -0.4 is 10.6 Å². The number of nitrogens with zero attached hydrogens (tertiary/aromatic N) is 1. The van der Waals surface area contributed by atoms with Gasteiger partial charge in [-0.05, 0) is 63.0 Å². The zero-order chi connectivity index (χ0) is 16.7. The lowest BCUT2D eigenvalue weighted by Gasteiger charge is -2.29. The summed E-state index contributed by atoms with van der Waals surface area (Å²) >= 11 is 12.0. The molecule has 2 rings (SSSR count). The lowest BCUT2D eigenvalue weighted by molar-refractivity contribution is -0.117. The third kappa shape index (κ3) is 6.30. The molecule has 0 bridgehead atoms. The van der Waals surface area contributed by atoms with Crippen molar-refractivity contribution in [3.63, 3.8) is 0 Å². The molecule has 128 valence electrons. The molecule has 4 nitrogen and oxygen atoms in total. The smallest absolute Gasteiger partial charge is 0.238 e. The van der Waals surface area contributed by atoms with Crippen molar-refractivity contribution in [1.29, 1.82) is 0 Å². The van der Waals surface area contributed by atoms with Crippen LogP contribution in [0.25, 0.3) is 0 Å². The van der Waals surface area contributed by atoms with Crippen molar-refractivity contribution in [2.75, 3.05) is 38.0 Å². The molecule has 0 aromatic heterocycles. The maximum Gasteiger partial charge on any atom is 0.238 e. The fourth-order valence-corrected chi connectivity index (χ4v) is 3.44. The molecule has 1 aliphatic heterocycles. The van der Waals surface area contributed by atoms with Gasteiger partial charge < -0.3 is 10.6 Å². The summed E-state index contributed by atoms with van der Waals surface area (Å²) in [7, 11) is 0. The fraction of sp³-hybridized carbons (Fsp3) is 0.588. The van der Waals surface area contributed by atoms with Gasteiger partial charge in [-0.15, -0.1) is 0 Å². The molecule has 1 aliphatic rings. The molecule has 1 saturated heterocycles. The Hall–Kier alpha value is -0.810. The van der Waals surface area contributed by atoms with Gasteiger partial charge in [0.1, 0.15) is 0 Å². The van der Waals surface area contributed by atoms with Gasteiger partial charge in [0.15, 0.2) is 0 Å². The Balaban J connectivity index is 1.88. The van der Waals surface area contributed by atoms with Gasteiger partial charge in [-0.3, -0.25) is 9.69 Å². The number of nitrogens with one attached hydrogen (secondary N) is 2. The number of benzene rings is 1. The van der Waals surface area contributed by atoms with Gasteiger partial charge in [0, 0.05) is 11.6 Å². The first kappa shape index (κ1) is 18.5. The molecule has 6 heteroatoms. The Labute approximate surface area is 148 Å². The van der Waals surface area contributed by atoms with E-state index in [2.05, 4.69) is 22.5 Å². The number of piperidine rings is 1. The number of amides is 1. The van der Waals surface area contributed by atoms with E-state index in [1.165, 1.54) is 12.8 Å². The van der Waals surface area contributed by atoms with Crippen molar-refractivity contribution < 1.29 is 4.79 Å². The minimum atomic E-state index is -0.0357. The molecule has 2 N–H and O–H groups in total. The van der Waals surface area contributed by atoms with E-state index >= 15 is 0 Å². The van der Waals surface area contributed by atoms with Crippen LogP contribution in [-0.2, 0) is 4.79 Å². The highest BCUT2D eigenvalue weighted by molar-refractivity contribution is 6.36. The van der Waals surface area contributed by atoms with Crippen molar-refractivity contribution in [2.45, 2.75) is 26.2 Å². The summed E-state index contributed by atoms with van der Waals surface area (Å²) in [4.78, 5) is 14.5. The first-order valence-corrected chi connectivity index (χ1v) is 9.02. The summed E-state index contributed by atoms with van der Waals surface area (Å²) in [5, 5.41) is 7.33. The first-order chi connectivity index (χ1) is 11.1. The van der Waals surface area contributed by atoms with E-state index in [0.717, 1.165) is 32.6 Å².